The van der Waals surface area contributed by atoms with Gasteiger partial charge >= 0.3 is 0 Å². The lowest BCUT2D eigenvalue weighted by atomic mass is 10.2. The van der Waals surface area contributed by atoms with Gasteiger partial charge in [0.1, 0.15) is 0 Å². The summed E-state index contributed by atoms with van der Waals surface area (Å²) >= 11 is 0. The molecule has 0 radical (unpaired) electrons. The summed E-state index contributed by atoms with van der Waals surface area (Å²) in [5.41, 5.74) is 4.80. The molecule has 112 valence electrons. The Hall–Kier alpha value is -2.07. The fourth-order valence-corrected chi connectivity index (χ4v) is 2.50. The van der Waals surface area contributed by atoms with Gasteiger partial charge in [-0.1, -0.05) is 12.1 Å². The molecule has 1 atom stereocenters. The Labute approximate surface area is 125 Å². The fourth-order valence-electron chi connectivity index (χ4n) is 2.50. The minimum Gasteiger partial charge on any atom is -0.394 e. The van der Waals surface area contributed by atoms with Crippen molar-refractivity contribution >= 4 is 5.91 Å². The maximum Gasteiger partial charge on any atom is 0.253 e. The number of hydrogen-bond acceptors (Lipinski definition) is 2. The van der Waals surface area contributed by atoms with Crippen LogP contribution in [0.15, 0.2) is 30.3 Å². The van der Waals surface area contributed by atoms with Crippen molar-refractivity contribution in [3.05, 3.63) is 52.8 Å². The third kappa shape index (κ3) is 3.16. The summed E-state index contributed by atoms with van der Waals surface area (Å²) in [4.78, 5) is 12.3. The van der Waals surface area contributed by atoms with Crippen LogP contribution in [0, 0.1) is 20.8 Å². The summed E-state index contributed by atoms with van der Waals surface area (Å²) < 4.78 is 2.07. The first kappa shape index (κ1) is 15.3. The predicted octanol–water partition coefficient (Wildman–Crippen LogP) is 2.51. The van der Waals surface area contributed by atoms with Gasteiger partial charge < -0.3 is 15.0 Å². The van der Waals surface area contributed by atoms with Gasteiger partial charge in [-0.25, -0.2) is 0 Å². The average molecular weight is 286 g/mol. The Kier molecular flexibility index (Phi) is 4.48. The van der Waals surface area contributed by atoms with Crippen molar-refractivity contribution in [3.63, 3.8) is 0 Å². The molecule has 2 N–H and O–H groups in total. The monoisotopic (exact) mass is 286 g/mol. The second-order valence-electron chi connectivity index (χ2n) is 5.52. The molecule has 0 bridgehead atoms. The van der Waals surface area contributed by atoms with E-state index in [1.807, 2.05) is 45.0 Å². The number of carbonyl (C=O) groups is 1. The van der Waals surface area contributed by atoms with E-state index in [0.717, 1.165) is 17.1 Å². The van der Waals surface area contributed by atoms with Gasteiger partial charge in [0, 0.05) is 23.1 Å². The zero-order valence-corrected chi connectivity index (χ0v) is 13.0. The summed E-state index contributed by atoms with van der Waals surface area (Å²) in [6, 6.07) is 9.82. The van der Waals surface area contributed by atoms with Crippen LogP contribution < -0.4 is 5.32 Å². The van der Waals surface area contributed by atoms with Crippen molar-refractivity contribution < 1.29 is 9.90 Å². The first-order valence-corrected chi connectivity index (χ1v) is 7.11. The van der Waals surface area contributed by atoms with E-state index >= 15 is 0 Å². The van der Waals surface area contributed by atoms with E-state index in [9.17, 15) is 4.79 Å². The topological polar surface area (TPSA) is 54.3 Å². The SMILES string of the molecule is Cc1cccc(-n2c(C)cc(C(=O)N[C@H](C)CO)c2C)c1. The van der Waals surface area contributed by atoms with Gasteiger partial charge in [0.05, 0.1) is 12.2 Å². The highest BCUT2D eigenvalue weighted by atomic mass is 16.3. The van der Waals surface area contributed by atoms with Crippen molar-refractivity contribution in [3.8, 4) is 5.69 Å². The Morgan fingerprint density at radius 3 is 2.62 bits per heavy atom. The molecular weight excluding hydrogens is 264 g/mol. The van der Waals surface area contributed by atoms with Gasteiger partial charge in [0.2, 0.25) is 0 Å². The number of hydrogen-bond donors (Lipinski definition) is 2. The normalized spacial score (nSPS) is 12.2. The lowest BCUT2D eigenvalue weighted by Gasteiger charge is -2.12. The van der Waals surface area contributed by atoms with Crippen LogP contribution >= 0.6 is 0 Å². The molecule has 0 aliphatic carbocycles. The number of nitrogens with zero attached hydrogens (tertiary/aromatic N) is 1. The number of aliphatic hydroxyl groups excluding tert-OH is 1. The molecule has 4 nitrogen and oxygen atoms in total. The van der Waals surface area contributed by atoms with E-state index in [2.05, 4.69) is 16.0 Å². The molecule has 1 aromatic heterocycles. The van der Waals surface area contributed by atoms with E-state index in [-0.39, 0.29) is 18.6 Å². The number of amides is 1. The molecule has 0 saturated carbocycles. The van der Waals surface area contributed by atoms with Gasteiger partial charge in [0.15, 0.2) is 0 Å². The highest BCUT2D eigenvalue weighted by molar-refractivity contribution is 5.96. The van der Waals surface area contributed by atoms with Gasteiger partial charge in [-0.3, -0.25) is 4.79 Å². The lowest BCUT2D eigenvalue weighted by molar-refractivity contribution is 0.0921. The van der Waals surface area contributed by atoms with Crippen molar-refractivity contribution in [2.75, 3.05) is 6.61 Å². The number of aliphatic hydroxyl groups is 1. The number of nitrogens with one attached hydrogen (secondary N) is 1. The van der Waals surface area contributed by atoms with E-state index in [1.54, 1.807) is 6.92 Å². The van der Waals surface area contributed by atoms with Crippen molar-refractivity contribution in [1.82, 2.24) is 9.88 Å². The average Bonchev–Trinajstić information content (AvgIpc) is 2.74. The largest absolute Gasteiger partial charge is 0.394 e. The first-order chi connectivity index (χ1) is 9.93. The molecule has 2 rings (SSSR count). The van der Waals surface area contributed by atoms with E-state index in [1.165, 1.54) is 5.56 Å². The zero-order chi connectivity index (χ0) is 15.6. The number of benzene rings is 1. The molecule has 0 saturated heterocycles. The quantitative estimate of drug-likeness (QED) is 0.907. The molecule has 0 aliphatic rings. The second kappa shape index (κ2) is 6.14. The van der Waals surface area contributed by atoms with E-state index in [4.69, 9.17) is 5.11 Å². The number of aryl methyl sites for hydroxylation is 2. The van der Waals surface area contributed by atoms with Gasteiger partial charge in [-0.05, 0) is 51.5 Å². The third-order valence-electron chi connectivity index (χ3n) is 3.59. The molecular formula is C17H22N2O2. The minimum absolute atomic E-state index is 0.0671. The van der Waals surface area contributed by atoms with Crippen molar-refractivity contribution in [2.45, 2.75) is 33.7 Å². The summed E-state index contributed by atoms with van der Waals surface area (Å²) in [7, 11) is 0. The first-order valence-electron chi connectivity index (χ1n) is 7.11. The van der Waals surface area contributed by atoms with Crippen molar-refractivity contribution in [1.29, 1.82) is 0 Å². The number of carbonyl (C=O) groups excluding carboxylic acids is 1. The predicted molar refractivity (Wildman–Crippen MR) is 84.0 cm³/mol. The summed E-state index contributed by atoms with van der Waals surface area (Å²) in [6.45, 7) is 7.68. The lowest BCUT2D eigenvalue weighted by Crippen LogP contribution is -2.35. The highest BCUT2D eigenvalue weighted by Gasteiger charge is 2.17. The maximum absolute atomic E-state index is 12.3. The van der Waals surface area contributed by atoms with Crippen LogP contribution in [-0.4, -0.2) is 28.2 Å². The minimum atomic E-state index is -0.250. The van der Waals surface area contributed by atoms with Crippen molar-refractivity contribution in [2.24, 2.45) is 0 Å². The molecule has 0 unspecified atom stereocenters. The zero-order valence-electron chi connectivity index (χ0n) is 13.0. The van der Waals surface area contributed by atoms with Gasteiger partial charge in [0.25, 0.3) is 5.91 Å². The molecule has 1 amide bonds. The van der Waals surface area contributed by atoms with Crippen LogP contribution in [0.4, 0.5) is 0 Å². The molecule has 1 aromatic carbocycles. The van der Waals surface area contributed by atoms with Gasteiger partial charge in [-0.15, -0.1) is 0 Å². The number of aromatic nitrogens is 1. The highest BCUT2D eigenvalue weighted by Crippen LogP contribution is 2.21. The Morgan fingerprint density at radius 1 is 1.29 bits per heavy atom. The Bertz CT molecular complexity index is 659. The maximum atomic E-state index is 12.3. The van der Waals surface area contributed by atoms with Crippen LogP contribution in [0.3, 0.4) is 0 Å². The standard InChI is InChI=1S/C17H22N2O2/c1-11-6-5-7-15(8-11)19-13(3)9-16(14(19)4)17(21)18-12(2)10-20/h5-9,12,20H,10H2,1-4H3,(H,18,21)/t12-/m1/s1. The van der Waals surface area contributed by atoms with E-state index in [0.29, 0.717) is 5.56 Å². The molecule has 1 heterocycles. The molecule has 0 fully saturated rings. The molecule has 2 aromatic rings. The van der Waals surface area contributed by atoms with Crippen LogP contribution in [0.1, 0.15) is 34.2 Å². The molecule has 4 heteroatoms. The fraction of sp³-hybridized carbons (Fsp3) is 0.353. The summed E-state index contributed by atoms with van der Waals surface area (Å²) in [5, 5.41) is 11.8. The van der Waals surface area contributed by atoms with E-state index < -0.39 is 0 Å². The smallest absolute Gasteiger partial charge is 0.253 e. The third-order valence-corrected chi connectivity index (χ3v) is 3.59. The second-order valence-corrected chi connectivity index (χ2v) is 5.52. The molecule has 21 heavy (non-hydrogen) atoms. The van der Waals surface area contributed by atoms with Crippen LogP contribution in [0.25, 0.3) is 5.69 Å². The van der Waals surface area contributed by atoms with Crippen LogP contribution in [0.5, 0.6) is 0 Å². The summed E-state index contributed by atoms with van der Waals surface area (Å²) in [5.74, 6) is -0.149. The van der Waals surface area contributed by atoms with Crippen LogP contribution in [0.2, 0.25) is 0 Å². The number of rotatable bonds is 4. The van der Waals surface area contributed by atoms with Gasteiger partial charge in [-0.2, -0.15) is 0 Å². The Balaban J connectivity index is 2.40. The molecule has 0 spiro atoms. The Morgan fingerprint density at radius 2 is 2.00 bits per heavy atom. The molecule has 0 aliphatic heterocycles. The van der Waals surface area contributed by atoms with Crippen LogP contribution in [-0.2, 0) is 0 Å². The summed E-state index contributed by atoms with van der Waals surface area (Å²) in [6.07, 6.45) is 0.